The standard InChI is InChI=1S/C15H14N6O3S2/c16-26(23,24)11-4-2-10(3-5-11)8-19-13(22)12-9-25-15(20-12)21-14-17-6-1-7-18-14/h1-7,9H,8H2,(H,19,22)(H2,16,23,24)(H,17,18,20,21). The molecule has 0 atom stereocenters. The number of anilines is 2. The van der Waals surface area contributed by atoms with Crippen LogP contribution in [0.2, 0.25) is 0 Å². The fourth-order valence-electron chi connectivity index (χ4n) is 1.96. The van der Waals surface area contributed by atoms with Crippen LogP contribution < -0.4 is 15.8 Å². The summed E-state index contributed by atoms with van der Waals surface area (Å²) in [5, 5.41) is 12.8. The quantitative estimate of drug-likeness (QED) is 0.575. The van der Waals surface area contributed by atoms with Gasteiger partial charge in [-0.1, -0.05) is 12.1 Å². The van der Waals surface area contributed by atoms with Gasteiger partial charge in [0.25, 0.3) is 5.91 Å². The SMILES string of the molecule is NS(=O)(=O)c1ccc(CNC(=O)c2csc(Nc3ncccn3)n2)cc1. The molecule has 0 spiro atoms. The van der Waals surface area contributed by atoms with Gasteiger partial charge >= 0.3 is 0 Å². The van der Waals surface area contributed by atoms with E-state index in [0.29, 0.717) is 11.1 Å². The summed E-state index contributed by atoms with van der Waals surface area (Å²) in [4.78, 5) is 24.4. The first-order valence-electron chi connectivity index (χ1n) is 7.31. The number of sulfonamides is 1. The fraction of sp³-hybridized carbons (Fsp3) is 0.0667. The third-order valence-electron chi connectivity index (χ3n) is 3.23. The van der Waals surface area contributed by atoms with Crippen molar-refractivity contribution in [3.05, 3.63) is 59.4 Å². The first-order chi connectivity index (χ1) is 12.4. The van der Waals surface area contributed by atoms with E-state index in [1.807, 2.05) is 0 Å². The highest BCUT2D eigenvalue weighted by Gasteiger charge is 2.12. The van der Waals surface area contributed by atoms with Crippen LogP contribution in [-0.4, -0.2) is 29.3 Å². The molecule has 134 valence electrons. The van der Waals surface area contributed by atoms with Crippen molar-refractivity contribution in [2.45, 2.75) is 11.4 Å². The topological polar surface area (TPSA) is 140 Å². The zero-order valence-electron chi connectivity index (χ0n) is 13.3. The maximum absolute atomic E-state index is 12.2. The molecule has 1 amide bonds. The third kappa shape index (κ3) is 4.59. The molecule has 0 radical (unpaired) electrons. The molecule has 0 fully saturated rings. The van der Waals surface area contributed by atoms with Gasteiger partial charge < -0.3 is 10.6 Å². The molecule has 26 heavy (non-hydrogen) atoms. The Kier molecular flexibility index (Phi) is 5.21. The molecule has 0 aliphatic rings. The first kappa shape index (κ1) is 17.9. The molecule has 0 bridgehead atoms. The largest absolute Gasteiger partial charge is 0.347 e. The van der Waals surface area contributed by atoms with Crippen LogP contribution in [0.5, 0.6) is 0 Å². The van der Waals surface area contributed by atoms with E-state index < -0.39 is 10.0 Å². The molecular weight excluding hydrogens is 376 g/mol. The maximum atomic E-state index is 12.2. The van der Waals surface area contributed by atoms with E-state index >= 15 is 0 Å². The average Bonchev–Trinajstić information content (AvgIpc) is 3.09. The van der Waals surface area contributed by atoms with Crippen molar-refractivity contribution in [1.82, 2.24) is 20.3 Å². The van der Waals surface area contributed by atoms with Gasteiger partial charge in [-0.3, -0.25) is 4.79 Å². The lowest BCUT2D eigenvalue weighted by atomic mass is 10.2. The summed E-state index contributed by atoms with van der Waals surface area (Å²) in [6.45, 7) is 0.228. The Bertz CT molecular complexity index is 1000. The van der Waals surface area contributed by atoms with Gasteiger partial charge in [0, 0.05) is 24.3 Å². The Morgan fingerprint density at radius 3 is 2.50 bits per heavy atom. The molecule has 0 aliphatic heterocycles. The maximum Gasteiger partial charge on any atom is 0.271 e. The smallest absolute Gasteiger partial charge is 0.271 e. The summed E-state index contributed by atoms with van der Waals surface area (Å²) in [7, 11) is -3.73. The van der Waals surface area contributed by atoms with Crippen molar-refractivity contribution >= 4 is 38.3 Å². The van der Waals surface area contributed by atoms with Crippen molar-refractivity contribution in [3.8, 4) is 0 Å². The summed E-state index contributed by atoms with van der Waals surface area (Å²) in [6.07, 6.45) is 3.19. The van der Waals surface area contributed by atoms with Gasteiger partial charge in [-0.05, 0) is 23.8 Å². The number of rotatable bonds is 6. The van der Waals surface area contributed by atoms with Crippen LogP contribution in [0.15, 0.2) is 53.0 Å². The second-order valence-electron chi connectivity index (χ2n) is 5.11. The number of benzene rings is 1. The number of carbonyl (C=O) groups excluding carboxylic acids is 1. The van der Waals surface area contributed by atoms with Crippen molar-refractivity contribution in [1.29, 1.82) is 0 Å². The van der Waals surface area contributed by atoms with Gasteiger partial charge in [-0.25, -0.2) is 28.5 Å². The summed E-state index contributed by atoms with van der Waals surface area (Å²) in [6, 6.07) is 7.64. The van der Waals surface area contributed by atoms with Gasteiger partial charge in [-0.15, -0.1) is 11.3 Å². The normalized spacial score (nSPS) is 11.1. The molecule has 0 saturated carbocycles. The monoisotopic (exact) mass is 390 g/mol. The highest BCUT2D eigenvalue weighted by molar-refractivity contribution is 7.89. The number of primary sulfonamides is 1. The molecule has 1 aromatic carbocycles. The number of thiazole rings is 1. The number of nitrogens with two attached hydrogens (primary N) is 1. The Morgan fingerprint density at radius 1 is 1.15 bits per heavy atom. The second kappa shape index (κ2) is 7.56. The minimum Gasteiger partial charge on any atom is -0.347 e. The van der Waals surface area contributed by atoms with Gasteiger partial charge in [0.1, 0.15) is 5.69 Å². The van der Waals surface area contributed by atoms with E-state index in [1.54, 1.807) is 36.0 Å². The van der Waals surface area contributed by atoms with E-state index in [0.717, 1.165) is 5.56 Å². The number of hydrogen-bond donors (Lipinski definition) is 3. The van der Waals surface area contributed by atoms with Gasteiger partial charge in [0.05, 0.1) is 4.90 Å². The van der Waals surface area contributed by atoms with Crippen molar-refractivity contribution in [3.63, 3.8) is 0 Å². The summed E-state index contributed by atoms with van der Waals surface area (Å²) < 4.78 is 22.4. The summed E-state index contributed by atoms with van der Waals surface area (Å²) in [5.74, 6) is 0.0440. The lowest BCUT2D eigenvalue weighted by molar-refractivity contribution is 0.0946. The van der Waals surface area contributed by atoms with E-state index in [4.69, 9.17) is 5.14 Å². The highest BCUT2D eigenvalue weighted by Crippen LogP contribution is 2.18. The molecule has 2 aromatic heterocycles. The molecule has 2 heterocycles. The minimum atomic E-state index is -3.73. The summed E-state index contributed by atoms with van der Waals surface area (Å²) >= 11 is 1.26. The van der Waals surface area contributed by atoms with Crippen LogP contribution in [0.4, 0.5) is 11.1 Å². The lowest BCUT2D eigenvalue weighted by Gasteiger charge is -2.04. The van der Waals surface area contributed by atoms with Crippen LogP contribution in [0, 0.1) is 0 Å². The molecule has 0 unspecified atom stereocenters. The predicted molar refractivity (Wildman–Crippen MR) is 96.4 cm³/mol. The molecule has 3 aromatic rings. The van der Waals surface area contributed by atoms with Crippen molar-refractivity contribution in [2.24, 2.45) is 5.14 Å². The Balaban J connectivity index is 1.58. The highest BCUT2D eigenvalue weighted by atomic mass is 32.2. The van der Waals surface area contributed by atoms with Crippen molar-refractivity contribution < 1.29 is 13.2 Å². The summed E-state index contributed by atoms with van der Waals surface area (Å²) in [5.41, 5.74) is 0.992. The number of nitrogens with zero attached hydrogens (tertiary/aromatic N) is 3. The Labute approximate surface area is 153 Å². The number of nitrogens with one attached hydrogen (secondary N) is 2. The van der Waals surface area contributed by atoms with Gasteiger partial charge in [-0.2, -0.15) is 0 Å². The van der Waals surface area contributed by atoms with Gasteiger partial charge in [0.2, 0.25) is 16.0 Å². The van der Waals surface area contributed by atoms with Crippen LogP contribution in [0.25, 0.3) is 0 Å². The number of aromatic nitrogens is 3. The minimum absolute atomic E-state index is 0.0194. The number of amides is 1. The van der Waals surface area contributed by atoms with Crippen LogP contribution in [0.1, 0.15) is 16.1 Å². The zero-order chi connectivity index (χ0) is 18.6. The van der Waals surface area contributed by atoms with E-state index in [9.17, 15) is 13.2 Å². The van der Waals surface area contributed by atoms with Crippen LogP contribution in [-0.2, 0) is 16.6 Å². The van der Waals surface area contributed by atoms with Crippen molar-refractivity contribution in [2.75, 3.05) is 5.32 Å². The van der Waals surface area contributed by atoms with Gasteiger partial charge in [0.15, 0.2) is 5.13 Å². The molecule has 4 N–H and O–H groups in total. The van der Waals surface area contributed by atoms with E-state index in [1.165, 1.54) is 23.5 Å². The van der Waals surface area contributed by atoms with E-state index in [2.05, 4.69) is 25.6 Å². The fourth-order valence-corrected chi connectivity index (χ4v) is 3.16. The number of carbonyl (C=O) groups is 1. The third-order valence-corrected chi connectivity index (χ3v) is 4.91. The molecule has 0 aliphatic carbocycles. The number of hydrogen-bond acceptors (Lipinski definition) is 8. The molecular formula is C15H14N6O3S2. The molecule has 0 saturated heterocycles. The zero-order valence-corrected chi connectivity index (χ0v) is 14.9. The van der Waals surface area contributed by atoms with Crippen LogP contribution >= 0.6 is 11.3 Å². The van der Waals surface area contributed by atoms with Crippen LogP contribution in [0.3, 0.4) is 0 Å². The molecule has 11 heteroatoms. The lowest BCUT2D eigenvalue weighted by Crippen LogP contribution is -2.23. The molecule has 9 nitrogen and oxygen atoms in total. The Morgan fingerprint density at radius 2 is 1.85 bits per heavy atom. The van der Waals surface area contributed by atoms with E-state index in [-0.39, 0.29) is 23.0 Å². The first-order valence-corrected chi connectivity index (χ1v) is 9.74. The predicted octanol–water partition coefficient (Wildman–Crippen LogP) is 1.25. The second-order valence-corrected chi connectivity index (χ2v) is 7.53. The average molecular weight is 390 g/mol. The molecule has 3 rings (SSSR count). The Hall–Kier alpha value is -2.89.